The molecular weight excluding hydrogens is 330 g/mol. The molecule has 1 aliphatic heterocycles. The number of hydrogen-bond donors (Lipinski definition) is 1. The third-order valence-electron chi connectivity index (χ3n) is 4.28. The molecule has 0 bridgehead atoms. The molecular formula is C17H18ClN3O3. The van der Waals surface area contributed by atoms with Crippen molar-refractivity contribution >= 4 is 28.9 Å². The van der Waals surface area contributed by atoms with E-state index in [9.17, 15) is 14.4 Å². The van der Waals surface area contributed by atoms with Crippen molar-refractivity contribution in [2.45, 2.75) is 13.5 Å². The lowest BCUT2D eigenvalue weighted by Gasteiger charge is -2.36. The molecule has 0 unspecified atom stereocenters. The van der Waals surface area contributed by atoms with E-state index in [4.69, 9.17) is 11.6 Å². The quantitative estimate of drug-likeness (QED) is 0.842. The highest BCUT2D eigenvalue weighted by Gasteiger charge is 2.28. The number of carbonyl (C=O) groups excluding carboxylic acids is 1. The molecule has 7 heteroatoms. The largest absolute Gasteiger partial charge is 0.376 e. The molecule has 0 saturated carbocycles. The van der Waals surface area contributed by atoms with E-state index >= 15 is 0 Å². The number of benzene rings is 1. The molecule has 2 aromatic carbocycles. The zero-order valence-electron chi connectivity index (χ0n) is 13.3. The van der Waals surface area contributed by atoms with Crippen LogP contribution in [0.15, 0.2) is 33.9 Å². The van der Waals surface area contributed by atoms with Gasteiger partial charge in [0, 0.05) is 44.7 Å². The molecule has 0 aliphatic carbocycles. The van der Waals surface area contributed by atoms with Crippen molar-refractivity contribution in [3.05, 3.63) is 55.3 Å². The lowest BCUT2D eigenvalue weighted by atomic mass is 10.1. The topological polar surface area (TPSA) is 69.7 Å². The van der Waals surface area contributed by atoms with Gasteiger partial charge in [-0.3, -0.25) is 14.4 Å². The second-order valence-corrected chi connectivity index (χ2v) is 6.29. The van der Waals surface area contributed by atoms with Crippen molar-refractivity contribution in [1.29, 1.82) is 0 Å². The Balaban J connectivity index is 1.70. The standard InChI is InChI=1S/C17H18ClN3O3/c1-11(22)20-5-7-21(8-6-20)15-14(16(23)17(15)24)19-10-12-3-2-4-13(18)9-12/h2-4,9,19H,5-8,10H2,1H3. The number of nitrogens with zero attached hydrogens (tertiary/aromatic N) is 2. The highest BCUT2D eigenvalue weighted by atomic mass is 35.5. The predicted octanol–water partition coefficient (Wildman–Crippen LogP) is 1.22. The molecule has 1 N–H and O–H groups in total. The van der Waals surface area contributed by atoms with Crippen molar-refractivity contribution in [3.8, 4) is 0 Å². The van der Waals surface area contributed by atoms with Crippen molar-refractivity contribution in [3.63, 3.8) is 0 Å². The third-order valence-corrected chi connectivity index (χ3v) is 4.52. The molecule has 2 aromatic rings. The zero-order valence-corrected chi connectivity index (χ0v) is 14.1. The monoisotopic (exact) mass is 347 g/mol. The summed E-state index contributed by atoms with van der Waals surface area (Å²) in [6.07, 6.45) is 0. The molecule has 1 aliphatic rings. The second kappa shape index (κ2) is 6.65. The smallest absolute Gasteiger partial charge is 0.253 e. The third kappa shape index (κ3) is 3.14. The van der Waals surface area contributed by atoms with Crippen LogP contribution in [0.2, 0.25) is 5.02 Å². The van der Waals surface area contributed by atoms with Gasteiger partial charge < -0.3 is 15.1 Å². The first-order valence-electron chi connectivity index (χ1n) is 7.79. The van der Waals surface area contributed by atoms with E-state index in [0.29, 0.717) is 49.1 Å². The fourth-order valence-electron chi connectivity index (χ4n) is 2.93. The Morgan fingerprint density at radius 3 is 2.50 bits per heavy atom. The second-order valence-electron chi connectivity index (χ2n) is 5.86. The van der Waals surface area contributed by atoms with Gasteiger partial charge in [-0.15, -0.1) is 0 Å². The molecule has 24 heavy (non-hydrogen) atoms. The first-order valence-corrected chi connectivity index (χ1v) is 8.17. The minimum Gasteiger partial charge on any atom is -0.376 e. The number of halogens is 1. The van der Waals surface area contributed by atoms with Gasteiger partial charge in [0.2, 0.25) is 5.91 Å². The van der Waals surface area contributed by atoms with Gasteiger partial charge in [0.15, 0.2) is 0 Å². The summed E-state index contributed by atoms with van der Waals surface area (Å²) in [5.74, 6) is 0.0268. The van der Waals surface area contributed by atoms with Gasteiger partial charge in [0.25, 0.3) is 10.9 Å². The Morgan fingerprint density at radius 2 is 1.88 bits per heavy atom. The Labute approximate surface area is 144 Å². The van der Waals surface area contributed by atoms with E-state index in [1.807, 2.05) is 23.1 Å². The van der Waals surface area contributed by atoms with Crippen LogP contribution in [0.4, 0.5) is 11.4 Å². The molecule has 1 saturated heterocycles. The number of anilines is 2. The van der Waals surface area contributed by atoms with Gasteiger partial charge in [0.1, 0.15) is 11.4 Å². The van der Waals surface area contributed by atoms with Crippen LogP contribution in [-0.4, -0.2) is 37.0 Å². The summed E-state index contributed by atoms with van der Waals surface area (Å²) in [5, 5.41) is 3.68. The van der Waals surface area contributed by atoms with Crippen LogP contribution in [0.3, 0.4) is 0 Å². The van der Waals surface area contributed by atoms with Gasteiger partial charge in [-0.1, -0.05) is 23.7 Å². The highest BCUT2D eigenvalue weighted by molar-refractivity contribution is 6.30. The van der Waals surface area contributed by atoms with Crippen molar-refractivity contribution in [2.24, 2.45) is 0 Å². The molecule has 126 valence electrons. The predicted molar refractivity (Wildman–Crippen MR) is 94.6 cm³/mol. The summed E-state index contributed by atoms with van der Waals surface area (Å²) >= 11 is 5.95. The summed E-state index contributed by atoms with van der Waals surface area (Å²) in [6.45, 7) is 4.17. The molecule has 6 nitrogen and oxygen atoms in total. The van der Waals surface area contributed by atoms with Crippen molar-refractivity contribution in [2.75, 3.05) is 36.4 Å². The molecule has 0 atom stereocenters. The van der Waals surface area contributed by atoms with Crippen LogP contribution in [-0.2, 0) is 11.3 Å². The Bertz CT molecular complexity index is 834. The van der Waals surface area contributed by atoms with Crippen LogP contribution in [0.1, 0.15) is 12.5 Å². The number of piperazine rings is 1. The molecule has 0 aromatic heterocycles. The average molecular weight is 348 g/mol. The molecule has 1 fully saturated rings. The number of carbonyl (C=O) groups is 1. The van der Waals surface area contributed by atoms with Crippen LogP contribution < -0.4 is 21.1 Å². The van der Waals surface area contributed by atoms with Crippen LogP contribution in [0.25, 0.3) is 0 Å². The van der Waals surface area contributed by atoms with Crippen molar-refractivity contribution < 1.29 is 4.79 Å². The van der Waals surface area contributed by atoms with Crippen LogP contribution in [0, 0.1) is 0 Å². The molecule has 3 rings (SSSR count). The normalized spacial score (nSPS) is 14.9. The first-order chi connectivity index (χ1) is 11.5. The maximum Gasteiger partial charge on any atom is 0.253 e. The van der Waals surface area contributed by atoms with E-state index in [2.05, 4.69) is 5.32 Å². The minimum atomic E-state index is -0.485. The average Bonchev–Trinajstić information content (AvgIpc) is 2.58. The van der Waals surface area contributed by atoms with Gasteiger partial charge in [-0.2, -0.15) is 0 Å². The lowest BCUT2D eigenvalue weighted by Crippen LogP contribution is -2.52. The zero-order chi connectivity index (χ0) is 17.3. The number of rotatable bonds is 4. The Morgan fingerprint density at radius 1 is 1.17 bits per heavy atom. The summed E-state index contributed by atoms with van der Waals surface area (Å²) < 4.78 is 0. The molecule has 0 spiro atoms. The first kappa shape index (κ1) is 16.5. The number of nitrogens with one attached hydrogen (secondary N) is 1. The van der Waals surface area contributed by atoms with E-state index in [1.165, 1.54) is 6.92 Å². The maximum atomic E-state index is 12.0. The molecule has 1 heterocycles. The SMILES string of the molecule is CC(=O)N1CCN(c2c(NCc3cccc(Cl)c3)c(=O)c2=O)CC1. The van der Waals surface area contributed by atoms with E-state index < -0.39 is 10.9 Å². The molecule has 1 amide bonds. The lowest BCUT2D eigenvalue weighted by molar-refractivity contribution is -0.129. The minimum absolute atomic E-state index is 0.0268. The van der Waals surface area contributed by atoms with Crippen molar-refractivity contribution in [1.82, 2.24) is 4.90 Å². The van der Waals surface area contributed by atoms with Gasteiger partial charge in [-0.05, 0) is 17.7 Å². The Kier molecular flexibility index (Phi) is 4.57. The number of amides is 1. The number of hydrogen-bond acceptors (Lipinski definition) is 5. The fraction of sp³-hybridized carbons (Fsp3) is 0.353. The summed E-state index contributed by atoms with van der Waals surface area (Å²) in [6, 6.07) is 7.33. The summed E-state index contributed by atoms with van der Waals surface area (Å²) in [5.41, 5.74) is 0.783. The molecule has 0 radical (unpaired) electrons. The van der Waals surface area contributed by atoms with Gasteiger partial charge in [0.05, 0.1) is 0 Å². The van der Waals surface area contributed by atoms with Crippen LogP contribution in [0.5, 0.6) is 0 Å². The van der Waals surface area contributed by atoms with Gasteiger partial charge in [-0.25, -0.2) is 0 Å². The summed E-state index contributed by atoms with van der Waals surface area (Å²) in [4.78, 5) is 38.8. The van der Waals surface area contributed by atoms with E-state index in [-0.39, 0.29) is 5.91 Å². The van der Waals surface area contributed by atoms with E-state index in [1.54, 1.807) is 11.0 Å². The Hall–Kier alpha value is -2.34. The van der Waals surface area contributed by atoms with Crippen LogP contribution >= 0.6 is 11.6 Å². The summed E-state index contributed by atoms with van der Waals surface area (Å²) in [7, 11) is 0. The van der Waals surface area contributed by atoms with Gasteiger partial charge >= 0.3 is 0 Å². The van der Waals surface area contributed by atoms with E-state index in [0.717, 1.165) is 5.56 Å². The maximum absolute atomic E-state index is 12.0. The fourth-order valence-corrected chi connectivity index (χ4v) is 3.14. The highest BCUT2D eigenvalue weighted by Crippen LogP contribution is 2.22.